The van der Waals surface area contributed by atoms with Gasteiger partial charge in [-0.3, -0.25) is 0 Å². The van der Waals surface area contributed by atoms with E-state index in [4.69, 9.17) is 3.97 Å². The van der Waals surface area contributed by atoms with E-state index in [-0.39, 0.29) is 0 Å². The van der Waals surface area contributed by atoms with Gasteiger partial charge in [-0.05, 0) is 0 Å². The van der Waals surface area contributed by atoms with Crippen molar-refractivity contribution in [2.24, 2.45) is 0 Å². The molecule has 0 amide bonds. The van der Waals surface area contributed by atoms with E-state index >= 15 is 0 Å². The summed E-state index contributed by atoms with van der Waals surface area (Å²) in [5.41, 5.74) is 1.83. The molecule has 0 aliphatic carbocycles. The Balaban J connectivity index is 1.86. The van der Waals surface area contributed by atoms with Crippen LogP contribution in [0.25, 0.3) is 0 Å². The van der Waals surface area contributed by atoms with Crippen LogP contribution in [-0.4, -0.2) is 30.6 Å². The van der Waals surface area contributed by atoms with Gasteiger partial charge in [-0.2, -0.15) is 0 Å². The Labute approximate surface area is 221 Å². The molecule has 0 saturated carbocycles. The van der Waals surface area contributed by atoms with Gasteiger partial charge in [0, 0.05) is 0 Å². The first-order chi connectivity index (χ1) is 18.2. The monoisotopic (exact) mass is 550 g/mol. The summed E-state index contributed by atoms with van der Waals surface area (Å²) in [5.74, 6) is -2.88. The minimum atomic E-state index is -4.56. The number of carboxylic acid groups (broad SMARTS) is 2. The Hall–Kier alpha value is -3.84. The fraction of sp³-hybridized carbons (Fsp3) is 0.103. The first-order valence-electron chi connectivity index (χ1n) is 11.8. The average molecular weight is 551 g/mol. The van der Waals surface area contributed by atoms with Gasteiger partial charge in [-0.1, -0.05) is 0 Å². The summed E-state index contributed by atoms with van der Waals surface area (Å²) in [6.07, 6.45) is 1.09. The van der Waals surface area contributed by atoms with Gasteiger partial charge < -0.3 is 0 Å². The van der Waals surface area contributed by atoms with Crippen LogP contribution in [-0.2, 0) is 32.6 Å². The van der Waals surface area contributed by atoms with Gasteiger partial charge in [0.15, 0.2) is 0 Å². The fourth-order valence-corrected chi connectivity index (χ4v) is 11.3. The van der Waals surface area contributed by atoms with Crippen LogP contribution in [0.2, 0.25) is 0 Å². The molecule has 4 rings (SSSR count). The molecule has 0 aliphatic heterocycles. The summed E-state index contributed by atoms with van der Waals surface area (Å²) in [4.78, 5) is 22.8. The second-order valence-corrected chi connectivity index (χ2v) is 14.5. The number of hydrogen-bond acceptors (Lipinski definition) is 5. The third-order valence-electron chi connectivity index (χ3n) is 6.08. The number of carbonyl (C=O) groups is 2. The molecule has 0 aliphatic rings. The van der Waals surface area contributed by atoms with Crippen molar-refractivity contribution < 1.29 is 32.2 Å². The Morgan fingerprint density at radius 3 is 1.26 bits per heavy atom. The first-order valence-corrected chi connectivity index (χ1v) is 15.8. The van der Waals surface area contributed by atoms with Crippen LogP contribution in [0, 0.1) is 0 Å². The number of aromatic carboxylic acids is 2. The zero-order chi connectivity index (χ0) is 27.2. The van der Waals surface area contributed by atoms with E-state index < -0.39 is 45.6 Å². The second kappa shape index (κ2) is 11.7. The molecule has 0 fully saturated rings. The summed E-state index contributed by atoms with van der Waals surface area (Å²) in [6.45, 7) is 0. The molecule has 0 aromatic heterocycles. The third kappa shape index (κ3) is 6.92. The maximum absolute atomic E-state index is 13.8. The van der Waals surface area contributed by atoms with Crippen LogP contribution in [0.5, 0.6) is 0 Å². The molecular weight excluding hydrogens is 523 g/mol. The first kappa shape index (κ1) is 27.2. The van der Waals surface area contributed by atoms with E-state index in [1.165, 1.54) is 0 Å². The van der Waals surface area contributed by atoms with Gasteiger partial charge in [0.1, 0.15) is 0 Å². The normalized spacial score (nSPS) is 12.1. The molecule has 0 unspecified atom stereocenters. The Kier molecular flexibility index (Phi) is 8.37. The number of hydrogen-bond donors (Lipinski definition) is 2. The molecule has 4 aromatic carbocycles. The van der Waals surface area contributed by atoms with Gasteiger partial charge in [0.25, 0.3) is 0 Å². The van der Waals surface area contributed by atoms with Gasteiger partial charge in [0.2, 0.25) is 0 Å². The van der Waals surface area contributed by atoms with Crippen LogP contribution >= 0.6 is 7.49 Å². The summed E-state index contributed by atoms with van der Waals surface area (Å²) in [7, 11) is -7.86. The Morgan fingerprint density at radius 2 is 0.947 bits per heavy atom. The molecule has 9 heteroatoms. The average Bonchev–Trinajstić information content (AvgIpc) is 2.89. The summed E-state index contributed by atoms with van der Waals surface area (Å²) in [6, 6.07) is 31.2. The molecule has 2 N–H and O–H groups in total. The van der Waals surface area contributed by atoms with Crippen LogP contribution in [0.1, 0.15) is 37.4 Å². The number of carboxylic acids is 2. The van der Waals surface area contributed by atoms with E-state index in [9.17, 15) is 28.2 Å². The van der Waals surface area contributed by atoms with E-state index in [0.29, 0.717) is 18.5 Å². The van der Waals surface area contributed by atoms with Crippen molar-refractivity contribution in [3.05, 3.63) is 137 Å². The third-order valence-corrected chi connectivity index (χ3v) is 12.3. The van der Waals surface area contributed by atoms with Crippen molar-refractivity contribution >= 4 is 29.5 Å². The molecule has 38 heavy (non-hydrogen) atoms. The van der Waals surface area contributed by atoms with Gasteiger partial charge in [-0.15, -0.1) is 0 Å². The topological polar surface area (TPSA) is 118 Å². The molecule has 0 bridgehead atoms. The van der Waals surface area contributed by atoms with Crippen molar-refractivity contribution in [3.8, 4) is 0 Å². The van der Waals surface area contributed by atoms with E-state index in [0.717, 1.165) is 34.9 Å². The predicted octanol–water partition coefficient (Wildman–Crippen LogP) is 6.05. The maximum atomic E-state index is 13.8. The van der Waals surface area contributed by atoms with Gasteiger partial charge in [-0.25, -0.2) is 0 Å². The number of benzene rings is 4. The van der Waals surface area contributed by atoms with Gasteiger partial charge >= 0.3 is 222 Å². The number of rotatable bonds is 11. The summed E-state index contributed by atoms with van der Waals surface area (Å²) >= 11 is 0. The van der Waals surface area contributed by atoms with Crippen molar-refractivity contribution in [1.82, 2.24) is 0 Å². The molecule has 0 atom stereocenters. The van der Waals surface area contributed by atoms with E-state index in [1.54, 1.807) is 0 Å². The molecule has 0 radical (unpaired) electrons. The van der Waals surface area contributed by atoms with Gasteiger partial charge in [0.05, 0.1) is 0 Å². The quantitative estimate of drug-likeness (QED) is 0.218. The molecule has 4 aromatic rings. The molecule has 7 nitrogen and oxygen atoms in total. The second-order valence-electron chi connectivity index (χ2n) is 9.06. The summed E-state index contributed by atoms with van der Waals surface area (Å²) < 4.78 is 33.8. The molecule has 196 valence electrons. The fourth-order valence-electron chi connectivity index (χ4n) is 4.45. The van der Waals surface area contributed by atoms with Crippen molar-refractivity contribution in [1.29, 1.82) is 0 Å². The van der Waals surface area contributed by atoms with E-state index in [1.807, 2.05) is 91.0 Å². The molecule has 0 heterocycles. The molecule has 0 spiro atoms. The standard InChI is InChI=1S/C29H27O7PS/c30-28(31)25-16-26(29(32)33)18-27(17-25)38(34,35)36-37(19-22-10-4-1-5-11-22,20-23-12-6-2-7-13-23)21-24-14-8-3-9-15-24/h1-18,37H,19-21H2,(H,30,31)(H,32,33). The Bertz CT molecular complexity index is 1390. The molecular formula is C29H27O7PS. The zero-order valence-electron chi connectivity index (χ0n) is 20.4. The molecule has 0 saturated heterocycles. The van der Waals surface area contributed by atoms with Crippen LogP contribution < -0.4 is 0 Å². The van der Waals surface area contributed by atoms with Crippen LogP contribution in [0.4, 0.5) is 0 Å². The van der Waals surface area contributed by atoms with Crippen molar-refractivity contribution in [2.45, 2.75) is 23.4 Å². The van der Waals surface area contributed by atoms with Crippen molar-refractivity contribution in [3.63, 3.8) is 0 Å². The van der Waals surface area contributed by atoms with Crippen LogP contribution in [0.15, 0.2) is 114 Å². The van der Waals surface area contributed by atoms with E-state index in [2.05, 4.69) is 0 Å². The van der Waals surface area contributed by atoms with Crippen LogP contribution in [0.3, 0.4) is 0 Å². The minimum absolute atomic E-state index is 0.362. The van der Waals surface area contributed by atoms with Crippen molar-refractivity contribution in [2.75, 3.05) is 0 Å². The SMILES string of the molecule is O=C(O)c1cc(C(=O)O)cc(S(=O)(=O)O[PH](Cc2ccccc2)(Cc2ccccc2)Cc2ccccc2)c1. The predicted molar refractivity (Wildman–Crippen MR) is 147 cm³/mol. The summed E-state index contributed by atoms with van der Waals surface area (Å²) in [5, 5.41) is 19.0. The zero-order valence-corrected chi connectivity index (χ0v) is 22.2. The Morgan fingerprint density at radius 1 is 0.605 bits per heavy atom.